The Balaban J connectivity index is 1.76. The molecule has 0 fully saturated rings. The normalized spacial score (nSPS) is 12.1. The van der Waals surface area contributed by atoms with Crippen molar-refractivity contribution in [1.82, 2.24) is 5.32 Å². The van der Waals surface area contributed by atoms with Gasteiger partial charge in [0.15, 0.2) is 0 Å². The van der Waals surface area contributed by atoms with Gasteiger partial charge >= 0.3 is 0 Å². The smallest absolute Gasteiger partial charge is 0.230 e. The van der Waals surface area contributed by atoms with E-state index in [1.54, 1.807) is 23.1 Å². The molecule has 106 valence electrons. The largest absolute Gasteiger partial charge is 0.349 e. The number of nitrogens with one attached hydrogen (secondary N) is 1. The molecule has 0 saturated carbocycles. The Bertz CT molecular complexity index is 557. The molecule has 1 aromatic heterocycles. The molecule has 1 unspecified atom stereocenters. The maximum Gasteiger partial charge on any atom is 0.230 e. The molecule has 2 rings (SSSR count). The minimum absolute atomic E-state index is 0.0245. The Labute approximate surface area is 132 Å². The molecule has 0 spiro atoms. The van der Waals surface area contributed by atoms with Gasteiger partial charge in [-0.05, 0) is 36.1 Å². The lowest BCUT2D eigenvalue weighted by atomic mass is 10.1. The van der Waals surface area contributed by atoms with Crippen LogP contribution in [0.2, 0.25) is 5.02 Å². The lowest BCUT2D eigenvalue weighted by Gasteiger charge is -2.14. The monoisotopic (exact) mass is 325 g/mol. The number of thiophene rings is 1. The van der Waals surface area contributed by atoms with Gasteiger partial charge in [0.1, 0.15) is 0 Å². The highest BCUT2D eigenvalue weighted by Crippen LogP contribution is 2.19. The first-order valence-corrected chi connectivity index (χ1v) is 8.71. The number of carbonyl (C=O) groups excluding carboxylic acids is 1. The molecular weight excluding hydrogens is 310 g/mol. The van der Waals surface area contributed by atoms with E-state index in [-0.39, 0.29) is 11.9 Å². The van der Waals surface area contributed by atoms with Crippen molar-refractivity contribution in [2.24, 2.45) is 0 Å². The molecule has 20 heavy (non-hydrogen) atoms. The Hall–Kier alpha value is -0.970. The van der Waals surface area contributed by atoms with Gasteiger partial charge in [0.2, 0.25) is 5.91 Å². The Morgan fingerprint density at radius 2 is 2.25 bits per heavy atom. The molecule has 2 aromatic rings. The summed E-state index contributed by atoms with van der Waals surface area (Å²) in [5.74, 6) is 1.42. The molecule has 0 radical (unpaired) electrons. The predicted molar refractivity (Wildman–Crippen MR) is 88.5 cm³/mol. The topological polar surface area (TPSA) is 29.1 Å². The van der Waals surface area contributed by atoms with Crippen molar-refractivity contribution in [2.45, 2.75) is 18.7 Å². The van der Waals surface area contributed by atoms with E-state index in [1.165, 1.54) is 4.88 Å². The summed E-state index contributed by atoms with van der Waals surface area (Å²) in [5, 5.41) is 5.73. The van der Waals surface area contributed by atoms with E-state index in [1.807, 2.05) is 37.3 Å². The van der Waals surface area contributed by atoms with E-state index in [4.69, 9.17) is 11.6 Å². The zero-order chi connectivity index (χ0) is 14.4. The van der Waals surface area contributed by atoms with Crippen LogP contribution in [0.15, 0.2) is 41.8 Å². The first-order valence-electron chi connectivity index (χ1n) is 6.30. The van der Waals surface area contributed by atoms with Gasteiger partial charge in [0, 0.05) is 15.7 Å². The van der Waals surface area contributed by atoms with Crippen LogP contribution >= 0.6 is 34.7 Å². The van der Waals surface area contributed by atoms with Crippen molar-refractivity contribution < 1.29 is 4.79 Å². The van der Waals surface area contributed by atoms with Gasteiger partial charge in [0.05, 0.1) is 11.8 Å². The molecular formula is C15H16ClNOS2. The Morgan fingerprint density at radius 3 is 2.95 bits per heavy atom. The number of rotatable bonds is 6. The van der Waals surface area contributed by atoms with E-state index in [0.717, 1.165) is 11.3 Å². The minimum Gasteiger partial charge on any atom is -0.349 e. The lowest BCUT2D eigenvalue weighted by molar-refractivity contribution is -0.119. The highest BCUT2D eigenvalue weighted by atomic mass is 35.5. The molecule has 0 saturated heterocycles. The van der Waals surface area contributed by atoms with Crippen molar-refractivity contribution in [3.05, 3.63) is 57.2 Å². The number of thioether (sulfide) groups is 1. The molecule has 1 N–H and O–H groups in total. The average molecular weight is 326 g/mol. The minimum atomic E-state index is -0.0245. The molecule has 0 bridgehead atoms. The second-order valence-corrected chi connectivity index (χ2v) is 6.87. The van der Waals surface area contributed by atoms with E-state index >= 15 is 0 Å². The van der Waals surface area contributed by atoms with Crippen molar-refractivity contribution in [3.63, 3.8) is 0 Å². The van der Waals surface area contributed by atoms with Gasteiger partial charge in [-0.25, -0.2) is 0 Å². The fraction of sp³-hybridized carbons (Fsp3) is 0.267. The SMILES string of the molecule is CC(NC(=O)CSCc1cccs1)c1cccc(Cl)c1. The Kier molecular flexibility index (Phi) is 5.95. The van der Waals surface area contributed by atoms with Crippen LogP contribution in [0.1, 0.15) is 23.4 Å². The quantitative estimate of drug-likeness (QED) is 0.846. The summed E-state index contributed by atoms with van der Waals surface area (Å²) in [6.45, 7) is 1.97. The van der Waals surface area contributed by atoms with Gasteiger partial charge in [-0.1, -0.05) is 29.8 Å². The van der Waals surface area contributed by atoms with Gasteiger partial charge in [-0.15, -0.1) is 23.1 Å². The molecule has 1 amide bonds. The third-order valence-electron chi connectivity index (χ3n) is 2.78. The number of halogens is 1. The summed E-state index contributed by atoms with van der Waals surface area (Å²) in [7, 11) is 0. The van der Waals surface area contributed by atoms with Crippen LogP contribution in [0.5, 0.6) is 0 Å². The number of hydrogen-bond acceptors (Lipinski definition) is 3. The molecule has 5 heteroatoms. The summed E-state index contributed by atoms with van der Waals surface area (Å²) in [6.07, 6.45) is 0. The molecule has 1 heterocycles. The van der Waals surface area contributed by atoms with Crippen LogP contribution in [0.25, 0.3) is 0 Å². The first kappa shape index (κ1) is 15.4. The lowest BCUT2D eigenvalue weighted by Crippen LogP contribution is -2.28. The van der Waals surface area contributed by atoms with Crippen LogP contribution in [-0.2, 0) is 10.5 Å². The molecule has 1 aromatic carbocycles. The van der Waals surface area contributed by atoms with Crippen LogP contribution < -0.4 is 5.32 Å². The average Bonchev–Trinajstić information content (AvgIpc) is 2.92. The maximum atomic E-state index is 11.9. The summed E-state index contributed by atoms with van der Waals surface area (Å²) >= 11 is 9.30. The fourth-order valence-electron chi connectivity index (χ4n) is 1.78. The molecule has 0 aliphatic heterocycles. The first-order chi connectivity index (χ1) is 9.65. The number of hydrogen-bond donors (Lipinski definition) is 1. The van der Waals surface area contributed by atoms with Crippen molar-refractivity contribution >= 4 is 40.6 Å². The Morgan fingerprint density at radius 1 is 1.40 bits per heavy atom. The van der Waals surface area contributed by atoms with E-state index < -0.39 is 0 Å². The predicted octanol–water partition coefficient (Wildman–Crippen LogP) is 4.51. The van der Waals surface area contributed by atoms with Crippen molar-refractivity contribution in [1.29, 1.82) is 0 Å². The second kappa shape index (κ2) is 7.72. The molecule has 0 aliphatic rings. The standard InChI is InChI=1S/C15H16ClNOS2/c1-11(12-4-2-5-13(16)8-12)17-15(18)10-19-9-14-6-3-7-20-14/h2-8,11H,9-10H2,1H3,(H,17,18). The summed E-state index contributed by atoms with van der Waals surface area (Å²) in [4.78, 5) is 13.2. The van der Waals surface area contributed by atoms with Gasteiger partial charge < -0.3 is 5.32 Å². The highest BCUT2D eigenvalue weighted by molar-refractivity contribution is 7.99. The van der Waals surface area contributed by atoms with Gasteiger partial charge in [-0.3, -0.25) is 4.79 Å². The number of carbonyl (C=O) groups is 1. The molecule has 0 aliphatic carbocycles. The summed E-state index contributed by atoms with van der Waals surface area (Å²) < 4.78 is 0. The maximum absolute atomic E-state index is 11.9. The van der Waals surface area contributed by atoms with Crippen LogP contribution in [0.3, 0.4) is 0 Å². The fourth-order valence-corrected chi connectivity index (χ4v) is 3.66. The van der Waals surface area contributed by atoms with Crippen LogP contribution in [0, 0.1) is 0 Å². The van der Waals surface area contributed by atoms with Gasteiger partial charge in [0.25, 0.3) is 0 Å². The highest BCUT2D eigenvalue weighted by Gasteiger charge is 2.10. The molecule has 1 atom stereocenters. The molecule has 2 nitrogen and oxygen atoms in total. The van der Waals surface area contributed by atoms with Crippen molar-refractivity contribution in [2.75, 3.05) is 5.75 Å². The van der Waals surface area contributed by atoms with Crippen LogP contribution in [-0.4, -0.2) is 11.7 Å². The van der Waals surface area contributed by atoms with Gasteiger partial charge in [-0.2, -0.15) is 0 Å². The van der Waals surface area contributed by atoms with E-state index in [9.17, 15) is 4.79 Å². The zero-order valence-corrected chi connectivity index (χ0v) is 13.5. The van der Waals surface area contributed by atoms with Crippen molar-refractivity contribution in [3.8, 4) is 0 Å². The third-order valence-corrected chi connectivity index (χ3v) is 5.06. The zero-order valence-electron chi connectivity index (χ0n) is 11.1. The van der Waals surface area contributed by atoms with E-state index in [2.05, 4.69) is 16.8 Å². The third kappa shape index (κ3) is 4.85. The summed E-state index contributed by atoms with van der Waals surface area (Å²) in [6, 6.07) is 11.7. The number of benzene rings is 1. The summed E-state index contributed by atoms with van der Waals surface area (Å²) in [5.41, 5.74) is 1.02. The second-order valence-electron chi connectivity index (χ2n) is 4.42. The number of amides is 1. The van der Waals surface area contributed by atoms with Crippen LogP contribution in [0.4, 0.5) is 0 Å². The van der Waals surface area contributed by atoms with E-state index in [0.29, 0.717) is 10.8 Å².